The van der Waals surface area contributed by atoms with Gasteiger partial charge in [0.15, 0.2) is 11.6 Å². The first kappa shape index (κ1) is 12.9. The second kappa shape index (κ2) is 4.80. The lowest BCUT2D eigenvalue weighted by atomic mass is 9.94. The number of hydrogen-bond acceptors (Lipinski definition) is 3. The lowest BCUT2D eigenvalue weighted by molar-refractivity contribution is 0.0655. The SMILES string of the molecule is Cc1ccc2c(c1)[C@H](O)CC(c1ccc(O)c(F)c1)O2. The zero-order chi connectivity index (χ0) is 14.3. The van der Waals surface area contributed by atoms with Gasteiger partial charge in [-0.2, -0.15) is 0 Å². The van der Waals surface area contributed by atoms with Crippen molar-refractivity contribution in [2.24, 2.45) is 0 Å². The summed E-state index contributed by atoms with van der Waals surface area (Å²) in [5.74, 6) is -0.454. The van der Waals surface area contributed by atoms with Gasteiger partial charge in [0.1, 0.15) is 11.9 Å². The fourth-order valence-electron chi connectivity index (χ4n) is 2.49. The molecule has 2 N–H and O–H groups in total. The molecule has 0 saturated carbocycles. The summed E-state index contributed by atoms with van der Waals surface area (Å²) in [7, 11) is 0. The first-order valence-electron chi connectivity index (χ1n) is 6.48. The summed E-state index contributed by atoms with van der Waals surface area (Å²) < 4.78 is 19.2. The van der Waals surface area contributed by atoms with Gasteiger partial charge in [-0.05, 0) is 36.8 Å². The average Bonchev–Trinajstić information content (AvgIpc) is 2.42. The molecule has 0 aliphatic carbocycles. The van der Waals surface area contributed by atoms with E-state index in [4.69, 9.17) is 4.74 Å². The Bertz CT molecular complexity index is 654. The summed E-state index contributed by atoms with van der Waals surface area (Å²) in [6.45, 7) is 1.95. The van der Waals surface area contributed by atoms with Crippen LogP contribution in [0.5, 0.6) is 11.5 Å². The highest BCUT2D eigenvalue weighted by Gasteiger charge is 2.28. The molecule has 2 aromatic rings. The fraction of sp³-hybridized carbons (Fsp3) is 0.250. The molecule has 0 amide bonds. The molecule has 104 valence electrons. The Hall–Kier alpha value is -2.07. The molecule has 4 heteroatoms. The number of fused-ring (bicyclic) bond motifs is 1. The first-order valence-corrected chi connectivity index (χ1v) is 6.48. The van der Waals surface area contributed by atoms with Gasteiger partial charge in [-0.15, -0.1) is 0 Å². The fourth-order valence-corrected chi connectivity index (χ4v) is 2.49. The number of halogens is 1. The Balaban J connectivity index is 1.94. The van der Waals surface area contributed by atoms with E-state index in [2.05, 4.69) is 0 Å². The number of aliphatic hydroxyl groups is 1. The normalized spacial score (nSPS) is 21.1. The van der Waals surface area contributed by atoms with Crippen LogP contribution < -0.4 is 4.74 Å². The third-order valence-electron chi connectivity index (χ3n) is 3.57. The maximum absolute atomic E-state index is 13.4. The molecular weight excluding hydrogens is 259 g/mol. The van der Waals surface area contributed by atoms with Crippen LogP contribution in [0.25, 0.3) is 0 Å². The number of benzene rings is 2. The molecule has 0 saturated heterocycles. The van der Waals surface area contributed by atoms with Gasteiger partial charge in [0.05, 0.1) is 6.10 Å². The molecule has 2 atom stereocenters. The van der Waals surface area contributed by atoms with Gasteiger partial charge in [-0.1, -0.05) is 17.7 Å². The lowest BCUT2D eigenvalue weighted by Gasteiger charge is -2.30. The summed E-state index contributed by atoms with van der Waals surface area (Å²) in [6.07, 6.45) is -0.698. The summed E-state index contributed by atoms with van der Waals surface area (Å²) >= 11 is 0. The van der Waals surface area contributed by atoms with Crippen LogP contribution in [0.2, 0.25) is 0 Å². The van der Waals surface area contributed by atoms with Crippen molar-refractivity contribution in [1.82, 2.24) is 0 Å². The molecule has 2 aromatic carbocycles. The Morgan fingerprint density at radius 1 is 1.20 bits per heavy atom. The molecule has 0 spiro atoms. The molecule has 1 unspecified atom stereocenters. The van der Waals surface area contributed by atoms with Crippen molar-refractivity contribution in [3.8, 4) is 11.5 Å². The number of aromatic hydroxyl groups is 1. The van der Waals surface area contributed by atoms with E-state index in [9.17, 15) is 14.6 Å². The Morgan fingerprint density at radius 2 is 2.00 bits per heavy atom. The third-order valence-corrected chi connectivity index (χ3v) is 3.57. The second-order valence-electron chi connectivity index (χ2n) is 5.11. The standard InChI is InChI=1S/C16H15FO3/c1-9-2-5-15-11(6-9)14(19)8-16(20-15)10-3-4-13(18)12(17)7-10/h2-7,14,16,18-19H,8H2,1H3/t14-,16?/m1/s1. The highest BCUT2D eigenvalue weighted by Crippen LogP contribution is 2.41. The van der Waals surface area contributed by atoms with Crippen molar-refractivity contribution in [2.45, 2.75) is 25.6 Å². The number of ether oxygens (including phenoxy) is 1. The molecule has 3 rings (SSSR count). The maximum Gasteiger partial charge on any atom is 0.165 e. The zero-order valence-corrected chi connectivity index (χ0v) is 11.0. The topological polar surface area (TPSA) is 49.7 Å². The van der Waals surface area contributed by atoms with E-state index in [1.54, 1.807) is 6.07 Å². The molecule has 0 fully saturated rings. The van der Waals surface area contributed by atoms with Crippen LogP contribution in [0.4, 0.5) is 4.39 Å². The molecular formula is C16H15FO3. The van der Waals surface area contributed by atoms with Crippen molar-refractivity contribution < 1.29 is 19.3 Å². The monoisotopic (exact) mass is 274 g/mol. The number of rotatable bonds is 1. The van der Waals surface area contributed by atoms with Gasteiger partial charge >= 0.3 is 0 Å². The minimum absolute atomic E-state index is 0.362. The quantitative estimate of drug-likeness (QED) is 0.838. The van der Waals surface area contributed by atoms with Gasteiger partial charge in [-0.3, -0.25) is 0 Å². The number of phenolic OH excluding ortho intramolecular Hbond substituents is 1. The van der Waals surface area contributed by atoms with Crippen LogP contribution in [0, 0.1) is 12.7 Å². The highest BCUT2D eigenvalue weighted by molar-refractivity contribution is 5.41. The largest absolute Gasteiger partial charge is 0.505 e. The number of aliphatic hydroxyl groups excluding tert-OH is 1. The van der Waals surface area contributed by atoms with Crippen LogP contribution in [0.3, 0.4) is 0 Å². The van der Waals surface area contributed by atoms with Crippen molar-refractivity contribution in [1.29, 1.82) is 0 Å². The van der Waals surface area contributed by atoms with Crippen LogP contribution in [0.15, 0.2) is 36.4 Å². The van der Waals surface area contributed by atoms with Crippen molar-refractivity contribution in [3.05, 3.63) is 58.9 Å². The van der Waals surface area contributed by atoms with E-state index in [1.807, 2.05) is 25.1 Å². The van der Waals surface area contributed by atoms with Gasteiger partial charge < -0.3 is 14.9 Å². The van der Waals surface area contributed by atoms with Crippen molar-refractivity contribution in [2.75, 3.05) is 0 Å². The maximum atomic E-state index is 13.4. The van der Waals surface area contributed by atoms with Crippen LogP contribution in [-0.4, -0.2) is 10.2 Å². The van der Waals surface area contributed by atoms with Crippen LogP contribution in [0.1, 0.15) is 35.3 Å². The van der Waals surface area contributed by atoms with Gasteiger partial charge in [0.25, 0.3) is 0 Å². The predicted octanol–water partition coefficient (Wildman–Crippen LogP) is 3.40. The molecule has 0 aromatic heterocycles. The summed E-state index contributed by atoms with van der Waals surface area (Å²) in [5.41, 5.74) is 2.42. The van der Waals surface area contributed by atoms with Crippen molar-refractivity contribution in [3.63, 3.8) is 0 Å². The zero-order valence-electron chi connectivity index (χ0n) is 11.0. The summed E-state index contributed by atoms with van der Waals surface area (Å²) in [6, 6.07) is 9.77. The summed E-state index contributed by atoms with van der Waals surface area (Å²) in [4.78, 5) is 0. The average molecular weight is 274 g/mol. The lowest BCUT2D eigenvalue weighted by Crippen LogP contribution is -2.19. The molecule has 0 bridgehead atoms. The van der Waals surface area contributed by atoms with Crippen LogP contribution in [-0.2, 0) is 0 Å². The second-order valence-corrected chi connectivity index (χ2v) is 5.11. The Kier molecular flexibility index (Phi) is 3.10. The van der Waals surface area contributed by atoms with E-state index in [-0.39, 0.29) is 5.75 Å². The first-order chi connectivity index (χ1) is 9.54. The number of aryl methyl sites for hydroxylation is 1. The molecule has 1 heterocycles. The van der Waals surface area contributed by atoms with Crippen molar-refractivity contribution >= 4 is 0 Å². The Labute approximate surface area is 116 Å². The number of hydrogen-bond donors (Lipinski definition) is 2. The molecule has 3 nitrogen and oxygen atoms in total. The van der Waals surface area contributed by atoms with Gasteiger partial charge in [-0.25, -0.2) is 4.39 Å². The highest BCUT2D eigenvalue weighted by atomic mass is 19.1. The van der Waals surface area contributed by atoms with Crippen LogP contribution >= 0.6 is 0 Å². The molecule has 1 aliphatic heterocycles. The predicted molar refractivity (Wildman–Crippen MR) is 72.2 cm³/mol. The summed E-state index contributed by atoms with van der Waals surface area (Å²) in [5, 5.41) is 19.4. The van der Waals surface area contributed by atoms with E-state index in [0.29, 0.717) is 17.7 Å². The third kappa shape index (κ3) is 2.23. The molecule has 0 radical (unpaired) electrons. The minimum Gasteiger partial charge on any atom is -0.505 e. The Morgan fingerprint density at radius 3 is 2.75 bits per heavy atom. The van der Waals surface area contributed by atoms with Gasteiger partial charge in [0, 0.05) is 12.0 Å². The van der Waals surface area contributed by atoms with E-state index < -0.39 is 18.0 Å². The smallest absolute Gasteiger partial charge is 0.165 e. The van der Waals surface area contributed by atoms with Gasteiger partial charge in [0.2, 0.25) is 0 Å². The van der Waals surface area contributed by atoms with E-state index in [1.165, 1.54) is 12.1 Å². The molecule has 1 aliphatic rings. The molecule has 20 heavy (non-hydrogen) atoms. The van der Waals surface area contributed by atoms with E-state index in [0.717, 1.165) is 11.1 Å². The number of phenols is 1. The minimum atomic E-state index is -0.685. The van der Waals surface area contributed by atoms with E-state index >= 15 is 0 Å².